The second-order valence-electron chi connectivity index (χ2n) is 5.20. The average Bonchev–Trinajstić information content (AvgIpc) is 2.48. The van der Waals surface area contributed by atoms with Gasteiger partial charge in [-0.25, -0.2) is 0 Å². The van der Waals surface area contributed by atoms with Crippen LogP contribution in [0.1, 0.15) is 12.5 Å². The summed E-state index contributed by atoms with van der Waals surface area (Å²) >= 11 is 5.95. The van der Waals surface area contributed by atoms with Crippen molar-refractivity contribution in [1.82, 2.24) is 9.80 Å². The third-order valence-corrected chi connectivity index (χ3v) is 3.94. The van der Waals surface area contributed by atoms with E-state index < -0.39 is 0 Å². The van der Waals surface area contributed by atoms with Crippen molar-refractivity contribution in [3.63, 3.8) is 0 Å². The minimum absolute atomic E-state index is 0.0394. The zero-order valence-electron chi connectivity index (χ0n) is 12.4. The minimum atomic E-state index is 0.0394. The maximum absolute atomic E-state index is 12.2. The molecule has 1 saturated heterocycles. The Labute approximate surface area is 129 Å². The van der Waals surface area contributed by atoms with Gasteiger partial charge in [0.15, 0.2) is 0 Å². The molecule has 1 heterocycles. The van der Waals surface area contributed by atoms with E-state index in [1.165, 1.54) is 0 Å². The molecule has 1 aromatic rings. The standard InChI is InChI=1S/C15H20ClN3O2/c1-11-3-4-13(16)9-14(11)17-10-15(21)19-7-5-18(6-8-19)12(2)20/h3-4,9,17H,5-8,10H2,1-2H3. The Morgan fingerprint density at radius 1 is 1.19 bits per heavy atom. The van der Waals surface area contributed by atoms with Gasteiger partial charge >= 0.3 is 0 Å². The van der Waals surface area contributed by atoms with Crippen LogP contribution in [0.25, 0.3) is 0 Å². The predicted octanol–water partition coefficient (Wildman–Crippen LogP) is 1.75. The van der Waals surface area contributed by atoms with Crippen molar-refractivity contribution in [3.05, 3.63) is 28.8 Å². The van der Waals surface area contributed by atoms with Crippen LogP contribution in [0, 0.1) is 6.92 Å². The fraction of sp³-hybridized carbons (Fsp3) is 0.467. The number of nitrogens with one attached hydrogen (secondary N) is 1. The SMILES string of the molecule is CC(=O)N1CCN(C(=O)CNc2cc(Cl)ccc2C)CC1. The van der Waals surface area contributed by atoms with E-state index >= 15 is 0 Å². The third-order valence-electron chi connectivity index (χ3n) is 3.71. The first-order chi connectivity index (χ1) is 9.97. The quantitative estimate of drug-likeness (QED) is 0.925. The number of piperazine rings is 1. The Hall–Kier alpha value is -1.75. The number of aryl methyl sites for hydroxylation is 1. The number of nitrogens with zero attached hydrogens (tertiary/aromatic N) is 2. The summed E-state index contributed by atoms with van der Waals surface area (Å²) in [6.45, 7) is 6.16. The minimum Gasteiger partial charge on any atom is -0.376 e. The highest BCUT2D eigenvalue weighted by Crippen LogP contribution is 2.19. The molecule has 2 amide bonds. The molecule has 0 radical (unpaired) electrons. The molecule has 114 valence electrons. The maximum atomic E-state index is 12.2. The van der Waals surface area contributed by atoms with Gasteiger partial charge in [-0.05, 0) is 24.6 Å². The summed E-state index contributed by atoms with van der Waals surface area (Å²) in [6.07, 6.45) is 0. The molecule has 0 saturated carbocycles. The zero-order chi connectivity index (χ0) is 15.4. The molecule has 1 aromatic carbocycles. The first kappa shape index (κ1) is 15.6. The fourth-order valence-electron chi connectivity index (χ4n) is 2.34. The Morgan fingerprint density at radius 2 is 1.81 bits per heavy atom. The van der Waals surface area contributed by atoms with Crippen LogP contribution in [0.4, 0.5) is 5.69 Å². The second kappa shape index (κ2) is 6.80. The Balaban J connectivity index is 1.85. The highest BCUT2D eigenvalue weighted by molar-refractivity contribution is 6.30. The van der Waals surface area contributed by atoms with Gasteiger partial charge in [-0.2, -0.15) is 0 Å². The van der Waals surface area contributed by atoms with E-state index in [9.17, 15) is 9.59 Å². The first-order valence-electron chi connectivity index (χ1n) is 7.00. The van der Waals surface area contributed by atoms with Crippen LogP contribution in [0.2, 0.25) is 5.02 Å². The molecular formula is C15H20ClN3O2. The van der Waals surface area contributed by atoms with Crippen molar-refractivity contribution in [1.29, 1.82) is 0 Å². The summed E-state index contributed by atoms with van der Waals surface area (Å²) in [7, 11) is 0. The fourth-order valence-corrected chi connectivity index (χ4v) is 2.51. The van der Waals surface area contributed by atoms with Gasteiger partial charge < -0.3 is 15.1 Å². The molecule has 21 heavy (non-hydrogen) atoms. The van der Waals surface area contributed by atoms with Crippen molar-refractivity contribution in [2.24, 2.45) is 0 Å². The lowest BCUT2D eigenvalue weighted by molar-refractivity contribution is -0.137. The lowest BCUT2D eigenvalue weighted by Gasteiger charge is -2.34. The zero-order valence-corrected chi connectivity index (χ0v) is 13.1. The van der Waals surface area contributed by atoms with Gasteiger partial charge in [-0.15, -0.1) is 0 Å². The van der Waals surface area contributed by atoms with Crippen molar-refractivity contribution in [2.45, 2.75) is 13.8 Å². The van der Waals surface area contributed by atoms with Gasteiger partial charge in [0.05, 0.1) is 6.54 Å². The van der Waals surface area contributed by atoms with Gasteiger partial charge in [0.2, 0.25) is 11.8 Å². The molecule has 0 spiro atoms. The molecule has 0 bridgehead atoms. The number of carbonyl (C=O) groups is 2. The van der Waals surface area contributed by atoms with Crippen LogP contribution in [-0.2, 0) is 9.59 Å². The number of anilines is 1. The highest BCUT2D eigenvalue weighted by Gasteiger charge is 2.21. The summed E-state index contributed by atoms with van der Waals surface area (Å²) in [4.78, 5) is 27.0. The second-order valence-corrected chi connectivity index (χ2v) is 5.64. The molecule has 1 aliphatic rings. The van der Waals surface area contributed by atoms with Crippen LogP contribution in [0.15, 0.2) is 18.2 Å². The Bertz CT molecular complexity index is 540. The number of hydrogen-bond donors (Lipinski definition) is 1. The van der Waals surface area contributed by atoms with Crippen LogP contribution >= 0.6 is 11.6 Å². The van der Waals surface area contributed by atoms with Crippen LogP contribution in [0.5, 0.6) is 0 Å². The van der Waals surface area contributed by atoms with E-state index in [0.29, 0.717) is 31.2 Å². The maximum Gasteiger partial charge on any atom is 0.241 e. The van der Waals surface area contributed by atoms with Crippen molar-refractivity contribution >= 4 is 29.1 Å². The monoisotopic (exact) mass is 309 g/mol. The van der Waals surface area contributed by atoms with Gasteiger partial charge in [0.25, 0.3) is 0 Å². The lowest BCUT2D eigenvalue weighted by atomic mass is 10.2. The van der Waals surface area contributed by atoms with Gasteiger partial charge in [0, 0.05) is 43.8 Å². The van der Waals surface area contributed by atoms with Crippen LogP contribution < -0.4 is 5.32 Å². The molecular weight excluding hydrogens is 290 g/mol. The summed E-state index contributed by atoms with van der Waals surface area (Å²) in [5, 5.41) is 3.77. The summed E-state index contributed by atoms with van der Waals surface area (Å²) in [5.74, 6) is 0.104. The molecule has 6 heteroatoms. The Morgan fingerprint density at radius 3 is 2.43 bits per heavy atom. The predicted molar refractivity (Wildman–Crippen MR) is 83.5 cm³/mol. The third kappa shape index (κ3) is 4.11. The van der Waals surface area contributed by atoms with E-state index in [-0.39, 0.29) is 18.4 Å². The molecule has 1 N–H and O–H groups in total. The van der Waals surface area contributed by atoms with Crippen LogP contribution in [0.3, 0.4) is 0 Å². The van der Waals surface area contributed by atoms with Gasteiger partial charge in [-0.1, -0.05) is 17.7 Å². The molecule has 0 atom stereocenters. The number of halogens is 1. The van der Waals surface area contributed by atoms with Gasteiger partial charge in [-0.3, -0.25) is 9.59 Å². The summed E-state index contributed by atoms with van der Waals surface area (Å²) < 4.78 is 0. The Kier molecular flexibility index (Phi) is 5.07. The molecule has 0 unspecified atom stereocenters. The number of amides is 2. The normalized spacial score (nSPS) is 15.0. The number of hydrogen-bond acceptors (Lipinski definition) is 3. The molecule has 1 aliphatic heterocycles. The molecule has 1 fully saturated rings. The van der Waals surface area contributed by atoms with Crippen molar-refractivity contribution < 1.29 is 9.59 Å². The summed E-state index contributed by atoms with van der Waals surface area (Å²) in [6, 6.07) is 5.56. The smallest absolute Gasteiger partial charge is 0.241 e. The lowest BCUT2D eigenvalue weighted by Crippen LogP contribution is -2.51. The topological polar surface area (TPSA) is 52.7 Å². The van der Waals surface area contributed by atoms with E-state index in [1.807, 2.05) is 25.1 Å². The van der Waals surface area contributed by atoms with Crippen molar-refractivity contribution in [3.8, 4) is 0 Å². The van der Waals surface area contributed by atoms with E-state index in [4.69, 9.17) is 11.6 Å². The van der Waals surface area contributed by atoms with Crippen molar-refractivity contribution in [2.75, 3.05) is 38.0 Å². The van der Waals surface area contributed by atoms with E-state index in [2.05, 4.69) is 5.32 Å². The largest absolute Gasteiger partial charge is 0.376 e. The molecule has 0 aliphatic carbocycles. The first-order valence-corrected chi connectivity index (χ1v) is 7.38. The van der Waals surface area contributed by atoms with E-state index in [0.717, 1.165) is 11.3 Å². The summed E-state index contributed by atoms with van der Waals surface area (Å²) in [5.41, 5.74) is 1.92. The molecule has 0 aromatic heterocycles. The number of rotatable bonds is 3. The van der Waals surface area contributed by atoms with Crippen LogP contribution in [-0.4, -0.2) is 54.3 Å². The molecule has 5 nitrogen and oxygen atoms in total. The van der Waals surface area contributed by atoms with Gasteiger partial charge in [0.1, 0.15) is 0 Å². The highest BCUT2D eigenvalue weighted by atomic mass is 35.5. The molecule has 2 rings (SSSR count). The van der Waals surface area contributed by atoms with E-state index in [1.54, 1.807) is 16.7 Å². The number of benzene rings is 1. The number of carbonyl (C=O) groups excluding carboxylic acids is 2. The average molecular weight is 310 g/mol.